The average Bonchev–Trinajstić information content (AvgIpc) is 2.63. The molecule has 3 rings (SSSR count). The molecule has 1 saturated carbocycles. The van der Waals surface area contributed by atoms with Crippen molar-refractivity contribution in [3.8, 4) is 5.75 Å². The van der Waals surface area contributed by atoms with E-state index < -0.39 is 0 Å². The van der Waals surface area contributed by atoms with Crippen LogP contribution < -0.4 is 5.73 Å². The van der Waals surface area contributed by atoms with Gasteiger partial charge in [0, 0.05) is 18.0 Å². The molecule has 1 aliphatic carbocycles. The average molecular weight is 245 g/mol. The number of phenolic OH excluding ortho intramolecular Hbond substituents is 1. The quantitative estimate of drug-likeness (QED) is 0.676. The summed E-state index contributed by atoms with van der Waals surface area (Å²) in [6.45, 7) is 0. The number of imidazole rings is 1. The number of nitrogens with zero attached hydrogens (tertiary/aromatic N) is 1. The fraction of sp³-hybridized carbons (Fsp3) is 0.500. The minimum Gasteiger partial charge on any atom is -0.508 e. The summed E-state index contributed by atoms with van der Waals surface area (Å²) in [5, 5.41) is 9.47. The number of hydrogen-bond acceptors (Lipinski definition) is 3. The molecule has 4 N–H and O–H groups in total. The molecule has 4 nitrogen and oxygen atoms in total. The lowest BCUT2D eigenvalue weighted by atomic mass is 9.95. The van der Waals surface area contributed by atoms with Crippen LogP contribution in [0, 0.1) is 0 Å². The number of H-pyrrole nitrogens is 1. The molecule has 2 unspecified atom stereocenters. The normalized spacial score (nSPS) is 25.2. The van der Waals surface area contributed by atoms with Crippen molar-refractivity contribution >= 4 is 11.0 Å². The van der Waals surface area contributed by atoms with E-state index in [-0.39, 0.29) is 11.8 Å². The number of rotatable bonds is 1. The molecule has 1 aliphatic rings. The summed E-state index contributed by atoms with van der Waals surface area (Å²) in [7, 11) is 0. The Kier molecular flexibility index (Phi) is 2.96. The van der Waals surface area contributed by atoms with Gasteiger partial charge in [0.1, 0.15) is 11.6 Å². The first-order valence-corrected chi connectivity index (χ1v) is 6.68. The van der Waals surface area contributed by atoms with Crippen molar-refractivity contribution in [1.29, 1.82) is 0 Å². The van der Waals surface area contributed by atoms with E-state index in [0.717, 1.165) is 29.7 Å². The Balaban J connectivity index is 1.97. The van der Waals surface area contributed by atoms with Crippen molar-refractivity contribution in [3.05, 3.63) is 24.0 Å². The molecule has 0 saturated heterocycles. The first-order chi connectivity index (χ1) is 8.74. The standard InChI is InChI=1S/C14H19N3O/c15-11-5-3-1-2-4-10(11)14-16-12-7-6-9(18)8-13(12)17-14/h6-8,10-11,18H,1-5,15H2,(H,16,17). The van der Waals surface area contributed by atoms with Gasteiger partial charge in [0.2, 0.25) is 0 Å². The second-order valence-electron chi connectivity index (χ2n) is 5.23. The second-order valence-corrected chi connectivity index (χ2v) is 5.23. The van der Waals surface area contributed by atoms with E-state index in [2.05, 4.69) is 9.97 Å². The van der Waals surface area contributed by atoms with Crippen LogP contribution in [0.2, 0.25) is 0 Å². The topological polar surface area (TPSA) is 74.9 Å². The number of nitrogens with one attached hydrogen (secondary N) is 1. The van der Waals surface area contributed by atoms with Gasteiger partial charge in [-0.25, -0.2) is 4.98 Å². The number of aromatic hydroxyl groups is 1. The molecule has 96 valence electrons. The number of benzene rings is 1. The van der Waals surface area contributed by atoms with Gasteiger partial charge in [-0.3, -0.25) is 0 Å². The van der Waals surface area contributed by atoms with Crippen molar-refractivity contribution in [2.75, 3.05) is 0 Å². The Morgan fingerprint density at radius 2 is 2.06 bits per heavy atom. The zero-order chi connectivity index (χ0) is 12.5. The predicted molar refractivity (Wildman–Crippen MR) is 71.6 cm³/mol. The fourth-order valence-electron chi connectivity index (χ4n) is 2.87. The van der Waals surface area contributed by atoms with Crippen LogP contribution in [0.15, 0.2) is 18.2 Å². The first kappa shape index (κ1) is 11.5. The summed E-state index contributed by atoms with van der Waals surface area (Å²) in [6, 6.07) is 5.42. The van der Waals surface area contributed by atoms with Gasteiger partial charge >= 0.3 is 0 Å². The number of nitrogens with two attached hydrogens (primary N) is 1. The van der Waals surface area contributed by atoms with Gasteiger partial charge in [-0.1, -0.05) is 19.3 Å². The minimum atomic E-state index is 0.196. The van der Waals surface area contributed by atoms with Gasteiger partial charge in [0.05, 0.1) is 11.0 Å². The maximum Gasteiger partial charge on any atom is 0.117 e. The Morgan fingerprint density at radius 1 is 1.22 bits per heavy atom. The predicted octanol–water partition coefficient (Wildman–Crippen LogP) is 2.64. The second kappa shape index (κ2) is 4.61. The van der Waals surface area contributed by atoms with Gasteiger partial charge < -0.3 is 15.8 Å². The van der Waals surface area contributed by atoms with E-state index in [4.69, 9.17) is 5.73 Å². The van der Waals surface area contributed by atoms with E-state index in [9.17, 15) is 5.11 Å². The van der Waals surface area contributed by atoms with Gasteiger partial charge in [-0.15, -0.1) is 0 Å². The van der Waals surface area contributed by atoms with Crippen LogP contribution in [0.4, 0.5) is 0 Å². The van der Waals surface area contributed by atoms with Crippen LogP contribution in [0.3, 0.4) is 0 Å². The Morgan fingerprint density at radius 3 is 2.94 bits per heavy atom. The molecular weight excluding hydrogens is 226 g/mol. The first-order valence-electron chi connectivity index (χ1n) is 6.68. The van der Waals surface area contributed by atoms with Gasteiger partial charge in [-0.2, -0.15) is 0 Å². The van der Waals surface area contributed by atoms with Crippen molar-refractivity contribution in [3.63, 3.8) is 0 Å². The van der Waals surface area contributed by atoms with Gasteiger partial charge in [0.25, 0.3) is 0 Å². The monoisotopic (exact) mass is 245 g/mol. The van der Waals surface area contributed by atoms with E-state index in [1.807, 2.05) is 6.07 Å². The highest BCUT2D eigenvalue weighted by Gasteiger charge is 2.24. The van der Waals surface area contributed by atoms with Crippen LogP contribution in [0.5, 0.6) is 5.75 Å². The molecule has 0 radical (unpaired) electrons. The fourth-order valence-corrected chi connectivity index (χ4v) is 2.87. The molecule has 0 bridgehead atoms. The Hall–Kier alpha value is -1.55. The minimum absolute atomic E-state index is 0.196. The molecule has 0 aliphatic heterocycles. The molecule has 0 spiro atoms. The largest absolute Gasteiger partial charge is 0.508 e. The van der Waals surface area contributed by atoms with Crippen molar-refractivity contribution in [2.24, 2.45) is 5.73 Å². The maximum atomic E-state index is 9.47. The smallest absolute Gasteiger partial charge is 0.117 e. The molecule has 0 amide bonds. The number of aromatic nitrogens is 2. The molecule has 2 aromatic rings. The highest BCUT2D eigenvalue weighted by molar-refractivity contribution is 5.76. The zero-order valence-electron chi connectivity index (χ0n) is 10.4. The molecule has 1 aromatic carbocycles. The molecule has 4 heteroatoms. The Bertz CT molecular complexity index is 549. The third kappa shape index (κ3) is 2.08. The summed E-state index contributed by atoms with van der Waals surface area (Å²) in [5.41, 5.74) is 8.05. The van der Waals surface area contributed by atoms with Crippen molar-refractivity contribution in [1.82, 2.24) is 9.97 Å². The summed E-state index contributed by atoms with van der Waals surface area (Å²) in [6.07, 6.45) is 5.89. The number of hydrogen-bond donors (Lipinski definition) is 3. The van der Waals surface area contributed by atoms with Crippen molar-refractivity contribution < 1.29 is 5.11 Å². The SMILES string of the molecule is NC1CCCCCC1c1nc2ccc(O)cc2[nH]1. The molecule has 18 heavy (non-hydrogen) atoms. The van der Waals surface area contributed by atoms with Crippen LogP contribution in [-0.2, 0) is 0 Å². The van der Waals surface area contributed by atoms with E-state index in [1.54, 1.807) is 12.1 Å². The highest BCUT2D eigenvalue weighted by atomic mass is 16.3. The molecular formula is C14H19N3O. The lowest BCUT2D eigenvalue weighted by Crippen LogP contribution is -2.27. The summed E-state index contributed by atoms with van der Waals surface area (Å²) < 4.78 is 0. The molecule has 1 aromatic heterocycles. The van der Waals surface area contributed by atoms with Gasteiger partial charge in [-0.05, 0) is 25.0 Å². The summed E-state index contributed by atoms with van der Waals surface area (Å²) in [4.78, 5) is 7.94. The summed E-state index contributed by atoms with van der Waals surface area (Å²) in [5.74, 6) is 1.56. The Labute approximate surface area is 106 Å². The third-order valence-corrected chi connectivity index (χ3v) is 3.90. The van der Waals surface area contributed by atoms with Crippen LogP contribution in [0.25, 0.3) is 11.0 Å². The van der Waals surface area contributed by atoms with E-state index in [0.29, 0.717) is 5.92 Å². The molecule has 2 atom stereocenters. The number of aromatic amines is 1. The maximum absolute atomic E-state index is 9.47. The third-order valence-electron chi connectivity index (χ3n) is 3.90. The van der Waals surface area contributed by atoms with E-state index >= 15 is 0 Å². The van der Waals surface area contributed by atoms with Crippen LogP contribution >= 0.6 is 0 Å². The lowest BCUT2D eigenvalue weighted by Gasteiger charge is -2.18. The lowest BCUT2D eigenvalue weighted by molar-refractivity contribution is 0.476. The van der Waals surface area contributed by atoms with Crippen LogP contribution in [0.1, 0.15) is 43.8 Å². The number of phenols is 1. The highest BCUT2D eigenvalue weighted by Crippen LogP contribution is 2.31. The van der Waals surface area contributed by atoms with E-state index in [1.165, 1.54) is 19.3 Å². The van der Waals surface area contributed by atoms with Crippen molar-refractivity contribution in [2.45, 2.75) is 44.1 Å². The van der Waals surface area contributed by atoms with Crippen LogP contribution in [-0.4, -0.2) is 21.1 Å². The molecule has 1 fully saturated rings. The molecule has 1 heterocycles. The zero-order valence-corrected chi connectivity index (χ0v) is 10.4. The van der Waals surface area contributed by atoms with Gasteiger partial charge in [0.15, 0.2) is 0 Å². The number of fused-ring (bicyclic) bond motifs is 1. The summed E-state index contributed by atoms with van der Waals surface area (Å²) >= 11 is 0.